The van der Waals surface area contributed by atoms with Crippen LogP contribution in [0.15, 0.2) is 0 Å². The highest BCUT2D eigenvalue weighted by Gasteiger charge is 1.95. The first-order valence-corrected chi connectivity index (χ1v) is 9.00. The second kappa shape index (κ2) is 16.6. The Balaban J connectivity index is 3.05. The van der Waals surface area contributed by atoms with Crippen molar-refractivity contribution in [2.45, 2.75) is 84.0 Å². The highest BCUT2D eigenvalue weighted by molar-refractivity contribution is 9.12. The average molecular weight is 344 g/mol. The topological polar surface area (TPSA) is 29.1 Å². The van der Waals surface area contributed by atoms with Gasteiger partial charge in [0.1, 0.15) is 0 Å². The van der Waals surface area contributed by atoms with Crippen molar-refractivity contribution in [3.8, 4) is 10.8 Å². The number of rotatable bonds is 13. The molecular formula is C17H30BrNO. The molecule has 3 heteroatoms. The molecule has 1 N–H and O–H groups in total. The number of hydrogen-bond donors (Lipinski definition) is 1. The summed E-state index contributed by atoms with van der Waals surface area (Å²) in [4.78, 5) is 13.4. The summed E-state index contributed by atoms with van der Waals surface area (Å²) in [5, 5.41) is 2.78. The van der Waals surface area contributed by atoms with E-state index >= 15 is 0 Å². The van der Waals surface area contributed by atoms with E-state index in [0.29, 0.717) is 0 Å². The summed E-state index contributed by atoms with van der Waals surface area (Å²) >= 11 is 2.91. The van der Waals surface area contributed by atoms with Gasteiger partial charge in [0, 0.05) is 28.4 Å². The molecule has 0 spiro atoms. The molecular weight excluding hydrogens is 314 g/mol. The van der Waals surface area contributed by atoms with Crippen molar-refractivity contribution in [1.82, 2.24) is 5.32 Å². The Morgan fingerprint density at radius 2 is 1.30 bits per heavy atom. The van der Waals surface area contributed by atoms with Crippen molar-refractivity contribution < 1.29 is 4.79 Å². The Labute approximate surface area is 133 Å². The first-order valence-electron chi connectivity index (χ1n) is 8.20. The summed E-state index contributed by atoms with van der Waals surface area (Å²) in [7, 11) is 0. The van der Waals surface area contributed by atoms with Gasteiger partial charge in [-0.05, 0) is 11.3 Å². The Morgan fingerprint density at radius 3 is 1.75 bits per heavy atom. The Morgan fingerprint density at radius 1 is 0.850 bits per heavy atom. The van der Waals surface area contributed by atoms with Gasteiger partial charge >= 0.3 is 0 Å². The van der Waals surface area contributed by atoms with Crippen LogP contribution < -0.4 is 5.32 Å². The van der Waals surface area contributed by atoms with E-state index in [4.69, 9.17) is 0 Å². The van der Waals surface area contributed by atoms with Crippen LogP contribution in [-0.2, 0) is 4.79 Å². The van der Waals surface area contributed by atoms with Crippen LogP contribution in [0.1, 0.15) is 84.0 Å². The first kappa shape index (κ1) is 19.5. The number of unbranched alkanes of at least 4 members (excludes halogenated alkanes) is 11. The SMILES string of the molecule is CCCCCCCCCCCCCCNC(=O)C#CBr. The molecule has 0 aliphatic rings. The van der Waals surface area contributed by atoms with Gasteiger partial charge in [-0.2, -0.15) is 0 Å². The summed E-state index contributed by atoms with van der Waals surface area (Å²) in [5.74, 6) is 2.22. The summed E-state index contributed by atoms with van der Waals surface area (Å²) < 4.78 is 0. The van der Waals surface area contributed by atoms with Gasteiger partial charge in [-0.3, -0.25) is 4.79 Å². The second-order valence-corrected chi connectivity index (χ2v) is 5.76. The lowest BCUT2D eigenvalue weighted by Crippen LogP contribution is -2.22. The van der Waals surface area contributed by atoms with Gasteiger partial charge in [0.15, 0.2) is 0 Å². The molecule has 0 rings (SSSR count). The molecule has 0 aromatic heterocycles. The number of hydrogen-bond acceptors (Lipinski definition) is 1. The molecule has 0 saturated carbocycles. The van der Waals surface area contributed by atoms with E-state index < -0.39 is 0 Å². The molecule has 2 nitrogen and oxygen atoms in total. The predicted molar refractivity (Wildman–Crippen MR) is 90.8 cm³/mol. The lowest BCUT2D eigenvalue weighted by molar-refractivity contribution is -0.115. The van der Waals surface area contributed by atoms with Gasteiger partial charge < -0.3 is 5.32 Å². The highest BCUT2D eigenvalue weighted by atomic mass is 79.9. The molecule has 0 aliphatic carbocycles. The zero-order valence-corrected chi connectivity index (χ0v) is 14.6. The van der Waals surface area contributed by atoms with Crippen LogP contribution in [0.4, 0.5) is 0 Å². The van der Waals surface area contributed by atoms with Crippen molar-refractivity contribution in [2.75, 3.05) is 6.54 Å². The maximum absolute atomic E-state index is 11.0. The first-order chi connectivity index (χ1) is 9.81. The fraction of sp³-hybridized carbons (Fsp3) is 0.824. The van der Waals surface area contributed by atoms with E-state index in [-0.39, 0.29) is 5.91 Å². The van der Waals surface area contributed by atoms with Crippen molar-refractivity contribution in [2.24, 2.45) is 0 Å². The molecule has 0 aliphatic heterocycles. The minimum absolute atomic E-state index is 0.190. The fourth-order valence-corrected chi connectivity index (χ4v) is 2.44. The molecule has 0 bridgehead atoms. The quantitative estimate of drug-likeness (QED) is 0.363. The molecule has 0 fully saturated rings. The van der Waals surface area contributed by atoms with Crippen LogP contribution in [0.5, 0.6) is 0 Å². The van der Waals surface area contributed by atoms with Crippen molar-refractivity contribution >= 4 is 21.8 Å². The largest absolute Gasteiger partial charge is 0.345 e. The molecule has 0 heterocycles. The normalized spacial score (nSPS) is 9.90. The zero-order valence-electron chi connectivity index (χ0n) is 13.0. The van der Waals surface area contributed by atoms with E-state index in [1.165, 1.54) is 70.6 Å². The third-order valence-corrected chi connectivity index (χ3v) is 3.67. The standard InChI is InChI=1S/C17H30BrNO/c1-2-3-4-5-6-7-8-9-10-11-12-13-16-19-17(20)14-15-18/h2-13,16H2,1H3,(H,19,20). The third-order valence-electron chi connectivity index (χ3n) is 3.48. The van der Waals surface area contributed by atoms with Crippen LogP contribution in [0.25, 0.3) is 0 Å². The molecule has 0 saturated heterocycles. The third kappa shape index (κ3) is 15.6. The molecule has 116 valence electrons. The van der Waals surface area contributed by atoms with E-state index in [9.17, 15) is 4.79 Å². The van der Waals surface area contributed by atoms with E-state index in [2.05, 4.69) is 38.9 Å². The van der Waals surface area contributed by atoms with Crippen LogP contribution in [-0.4, -0.2) is 12.5 Å². The summed E-state index contributed by atoms with van der Waals surface area (Å²) in [5.41, 5.74) is 0. The van der Waals surface area contributed by atoms with Gasteiger partial charge in [0.2, 0.25) is 0 Å². The number of halogens is 1. The summed E-state index contributed by atoms with van der Waals surface area (Å²) in [6.07, 6.45) is 16.1. The molecule has 0 radical (unpaired) electrons. The number of carbonyl (C=O) groups is 1. The van der Waals surface area contributed by atoms with Gasteiger partial charge in [-0.15, -0.1) is 0 Å². The highest BCUT2D eigenvalue weighted by Crippen LogP contribution is 2.11. The minimum atomic E-state index is -0.190. The molecule has 20 heavy (non-hydrogen) atoms. The number of amides is 1. The van der Waals surface area contributed by atoms with Crippen molar-refractivity contribution in [1.29, 1.82) is 0 Å². The summed E-state index contributed by atoms with van der Waals surface area (Å²) in [6, 6.07) is 0. The maximum Gasteiger partial charge on any atom is 0.296 e. The van der Waals surface area contributed by atoms with Crippen LogP contribution in [0, 0.1) is 10.8 Å². The number of carbonyl (C=O) groups excluding carboxylic acids is 1. The predicted octanol–water partition coefficient (Wildman–Crippen LogP) is 5.16. The molecule has 0 aromatic carbocycles. The monoisotopic (exact) mass is 343 g/mol. The van der Waals surface area contributed by atoms with Crippen molar-refractivity contribution in [3.05, 3.63) is 0 Å². The number of nitrogens with one attached hydrogen (secondary N) is 1. The van der Waals surface area contributed by atoms with Gasteiger partial charge in [0.05, 0.1) is 0 Å². The molecule has 1 amide bonds. The zero-order chi connectivity index (χ0) is 14.9. The Bertz CT molecular complexity index is 280. The van der Waals surface area contributed by atoms with Crippen LogP contribution in [0.2, 0.25) is 0 Å². The summed E-state index contributed by atoms with van der Waals surface area (Å²) in [6.45, 7) is 3.01. The molecule has 0 unspecified atom stereocenters. The molecule has 0 aromatic rings. The minimum Gasteiger partial charge on any atom is -0.345 e. The Kier molecular flexibility index (Phi) is 16.2. The van der Waals surface area contributed by atoms with E-state index in [1.54, 1.807) is 0 Å². The fourth-order valence-electron chi connectivity index (χ4n) is 2.26. The lowest BCUT2D eigenvalue weighted by Gasteiger charge is -2.03. The molecule has 0 atom stereocenters. The van der Waals surface area contributed by atoms with Gasteiger partial charge in [-0.1, -0.05) is 77.6 Å². The van der Waals surface area contributed by atoms with Crippen LogP contribution in [0.3, 0.4) is 0 Å². The maximum atomic E-state index is 11.0. The van der Waals surface area contributed by atoms with Crippen molar-refractivity contribution in [3.63, 3.8) is 0 Å². The van der Waals surface area contributed by atoms with Gasteiger partial charge in [0.25, 0.3) is 5.91 Å². The second-order valence-electron chi connectivity index (χ2n) is 5.36. The van der Waals surface area contributed by atoms with E-state index in [0.717, 1.165) is 13.0 Å². The van der Waals surface area contributed by atoms with Gasteiger partial charge in [-0.25, -0.2) is 0 Å². The Hall–Kier alpha value is -0.490. The lowest BCUT2D eigenvalue weighted by atomic mass is 10.1. The van der Waals surface area contributed by atoms with E-state index in [1.807, 2.05) is 0 Å². The smallest absolute Gasteiger partial charge is 0.296 e. The average Bonchev–Trinajstić information content (AvgIpc) is 2.44. The van der Waals surface area contributed by atoms with Crippen LogP contribution >= 0.6 is 15.9 Å².